The van der Waals surface area contributed by atoms with Crippen LogP contribution in [0, 0.1) is 12.3 Å². The van der Waals surface area contributed by atoms with E-state index >= 15 is 0 Å². The number of aromatic nitrogens is 1. The fourth-order valence-corrected chi connectivity index (χ4v) is 2.83. The second kappa shape index (κ2) is 7.12. The number of pyridine rings is 1. The van der Waals surface area contributed by atoms with Gasteiger partial charge in [-0.3, -0.25) is 14.7 Å². The lowest BCUT2D eigenvalue weighted by atomic mass is 10.00. The number of amides is 1. The summed E-state index contributed by atoms with van der Waals surface area (Å²) in [5.41, 5.74) is 0.937. The van der Waals surface area contributed by atoms with Crippen molar-refractivity contribution in [3.05, 3.63) is 29.6 Å². The number of carbonyl (C=O) groups is 1. The van der Waals surface area contributed by atoms with Crippen LogP contribution in [0.5, 0.6) is 0 Å². The normalized spacial score (nSPS) is 22.4. The summed E-state index contributed by atoms with van der Waals surface area (Å²) in [6.07, 6.45) is 8.84. The lowest BCUT2D eigenvalue weighted by molar-refractivity contribution is -0.0948. The van der Waals surface area contributed by atoms with Gasteiger partial charge in [0.05, 0.1) is 17.8 Å². The average Bonchev–Trinajstić information content (AvgIpc) is 2.52. The molecule has 2 rings (SSSR count). The van der Waals surface area contributed by atoms with Gasteiger partial charge in [-0.1, -0.05) is 5.92 Å². The van der Waals surface area contributed by atoms with Crippen molar-refractivity contribution in [1.29, 1.82) is 0 Å². The Morgan fingerprint density at radius 1 is 1.43 bits per heavy atom. The van der Waals surface area contributed by atoms with E-state index in [9.17, 15) is 4.79 Å². The molecule has 2 unspecified atom stereocenters. The molecule has 0 aliphatic carbocycles. The van der Waals surface area contributed by atoms with Crippen LogP contribution >= 0.6 is 0 Å². The second-order valence-corrected chi connectivity index (χ2v) is 6.76. The highest BCUT2D eigenvalue weighted by Crippen LogP contribution is 2.20. The number of nitrogens with one attached hydrogen (secondary N) is 1. The van der Waals surface area contributed by atoms with Crippen molar-refractivity contribution in [2.45, 2.75) is 45.4 Å². The van der Waals surface area contributed by atoms with E-state index in [-0.39, 0.29) is 23.7 Å². The van der Waals surface area contributed by atoms with Gasteiger partial charge in [0.25, 0.3) is 5.91 Å². The van der Waals surface area contributed by atoms with Gasteiger partial charge >= 0.3 is 0 Å². The van der Waals surface area contributed by atoms with Crippen LogP contribution in [0.15, 0.2) is 18.5 Å². The lowest BCUT2D eigenvalue weighted by Crippen LogP contribution is -2.58. The summed E-state index contributed by atoms with van der Waals surface area (Å²) in [6.45, 7) is 10.7. The van der Waals surface area contributed by atoms with Crippen molar-refractivity contribution in [3.63, 3.8) is 0 Å². The van der Waals surface area contributed by atoms with E-state index in [4.69, 9.17) is 11.2 Å². The highest BCUT2D eigenvalue weighted by atomic mass is 16.5. The number of carbonyl (C=O) groups excluding carboxylic acids is 1. The minimum absolute atomic E-state index is 0.154. The van der Waals surface area contributed by atoms with Crippen LogP contribution in [-0.4, -0.2) is 53.2 Å². The summed E-state index contributed by atoms with van der Waals surface area (Å²) in [5.74, 6) is 2.34. The molecule has 2 atom stereocenters. The Bertz CT molecular complexity index is 597. The highest BCUT2D eigenvalue weighted by molar-refractivity contribution is 5.94. The van der Waals surface area contributed by atoms with Crippen LogP contribution in [-0.2, 0) is 4.74 Å². The van der Waals surface area contributed by atoms with Crippen molar-refractivity contribution in [2.75, 3.05) is 19.6 Å². The standard InChI is InChI=1S/C18H25N3O2/c1-6-15-7-16(9-19-8-15)17(22)20-12-18(4,5)21-10-13(2)23-14(3)11-21/h1,7-9,13-14H,10-12H2,2-5H3,(H,20,22). The molecule has 1 saturated heterocycles. The zero-order valence-corrected chi connectivity index (χ0v) is 14.3. The van der Waals surface area contributed by atoms with Crippen molar-refractivity contribution in [1.82, 2.24) is 15.2 Å². The van der Waals surface area contributed by atoms with E-state index < -0.39 is 0 Å². The molecule has 1 amide bonds. The fraction of sp³-hybridized carbons (Fsp3) is 0.556. The molecule has 0 spiro atoms. The number of morpholine rings is 1. The number of terminal acetylenes is 1. The molecule has 0 saturated carbocycles. The molecule has 124 valence electrons. The van der Waals surface area contributed by atoms with Gasteiger partial charge in [-0.25, -0.2) is 0 Å². The van der Waals surface area contributed by atoms with Gasteiger partial charge in [-0.2, -0.15) is 0 Å². The van der Waals surface area contributed by atoms with Crippen molar-refractivity contribution < 1.29 is 9.53 Å². The molecule has 5 heteroatoms. The quantitative estimate of drug-likeness (QED) is 0.859. The Kier molecular flexibility index (Phi) is 5.40. The third-order valence-electron chi connectivity index (χ3n) is 4.12. The van der Waals surface area contributed by atoms with Gasteiger partial charge in [-0.15, -0.1) is 6.42 Å². The number of ether oxygens (including phenoxy) is 1. The smallest absolute Gasteiger partial charge is 0.252 e. The Hall–Kier alpha value is -1.90. The van der Waals surface area contributed by atoms with E-state index in [0.29, 0.717) is 17.7 Å². The summed E-state index contributed by atoms with van der Waals surface area (Å²) in [6, 6.07) is 1.67. The first-order valence-corrected chi connectivity index (χ1v) is 7.92. The third kappa shape index (κ3) is 4.54. The van der Waals surface area contributed by atoms with Crippen molar-refractivity contribution in [3.8, 4) is 12.3 Å². The predicted molar refractivity (Wildman–Crippen MR) is 90.2 cm³/mol. The molecule has 1 N–H and O–H groups in total. The van der Waals surface area contributed by atoms with Crippen LogP contribution in [0.2, 0.25) is 0 Å². The first kappa shape index (κ1) is 17.5. The van der Waals surface area contributed by atoms with Crippen LogP contribution in [0.3, 0.4) is 0 Å². The number of rotatable bonds is 4. The van der Waals surface area contributed by atoms with Crippen molar-refractivity contribution >= 4 is 5.91 Å². The SMILES string of the molecule is C#Cc1cncc(C(=O)NCC(C)(C)N2CC(C)OC(C)C2)c1. The van der Waals surface area contributed by atoms with E-state index in [0.717, 1.165) is 13.1 Å². The molecule has 23 heavy (non-hydrogen) atoms. The maximum absolute atomic E-state index is 12.3. The molecular weight excluding hydrogens is 290 g/mol. The number of nitrogens with zero attached hydrogens (tertiary/aromatic N) is 2. The topological polar surface area (TPSA) is 54.5 Å². The van der Waals surface area contributed by atoms with Gasteiger partial charge in [0.1, 0.15) is 0 Å². The molecular formula is C18H25N3O2. The molecule has 2 heterocycles. The Morgan fingerprint density at radius 2 is 2.09 bits per heavy atom. The van der Waals surface area contributed by atoms with Crippen LogP contribution in [0.1, 0.15) is 43.6 Å². The molecule has 1 aliphatic rings. The maximum Gasteiger partial charge on any atom is 0.252 e. The summed E-state index contributed by atoms with van der Waals surface area (Å²) < 4.78 is 5.78. The van der Waals surface area contributed by atoms with Crippen molar-refractivity contribution in [2.24, 2.45) is 0 Å². The number of hydrogen-bond donors (Lipinski definition) is 1. The van der Waals surface area contributed by atoms with Gasteiger partial charge in [-0.05, 0) is 33.8 Å². The molecule has 1 aromatic rings. The average molecular weight is 315 g/mol. The Balaban J connectivity index is 1.98. The zero-order valence-electron chi connectivity index (χ0n) is 14.3. The molecule has 5 nitrogen and oxygen atoms in total. The van der Waals surface area contributed by atoms with E-state index in [1.165, 1.54) is 6.20 Å². The first-order valence-electron chi connectivity index (χ1n) is 7.92. The molecule has 1 aliphatic heterocycles. The predicted octanol–water partition coefficient (Wildman–Crippen LogP) is 1.68. The van der Waals surface area contributed by atoms with Gasteiger partial charge in [0.15, 0.2) is 0 Å². The molecule has 0 radical (unpaired) electrons. The Labute approximate surface area is 138 Å². The zero-order chi connectivity index (χ0) is 17.0. The van der Waals surface area contributed by atoms with Crippen LogP contribution < -0.4 is 5.32 Å². The minimum Gasteiger partial charge on any atom is -0.373 e. The first-order chi connectivity index (χ1) is 10.8. The van der Waals surface area contributed by atoms with Crippen LogP contribution in [0.4, 0.5) is 0 Å². The van der Waals surface area contributed by atoms with Crippen LogP contribution in [0.25, 0.3) is 0 Å². The van der Waals surface area contributed by atoms with Gasteiger partial charge in [0, 0.05) is 43.1 Å². The second-order valence-electron chi connectivity index (χ2n) is 6.76. The maximum atomic E-state index is 12.3. The van der Waals surface area contributed by atoms with E-state index in [1.54, 1.807) is 12.3 Å². The largest absolute Gasteiger partial charge is 0.373 e. The third-order valence-corrected chi connectivity index (χ3v) is 4.12. The number of hydrogen-bond acceptors (Lipinski definition) is 4. The summed E-state index contributed by atoms with van der Waals surface area (Å²) in [7, 11) is 0. The molecule has 1 aromatic heterocycles. The summed E-state index contributed by atoms with van der Waals surface area (Å²) in [5, 5.41) is 2.99. The molecule has 0 bridgehead atoms. The lowest BCUT2D eigenvalue weighted by Gasteiger charge is -2.45. The Morgan fingerprint density at radius 3 is 2.70 bits per heavy atom. The molecule has 0 aromatic carbocycles. The molecule has 1 fully saturated rings. The van der Waals surface area contributed by atoms with E-state index in [2.05, 4.69) is 48.8 Å². The monoisotopic (exact) mass is 315 g/mol. The van der Waals surface area contributed by atoms with Gasteiger partial charge in [0.2, 0.25) is 0 Å². The summed E-state index contributed by atoms with van der Waals surface area (Å²) >= 11 is 0. The van der Waals surface area contributed by atoms with Gasteiger partial charge < -0.3 is 10.1 Å². The fourth-order valence-electron chi connectivity index (χ4n) is 2.83. The minimum atomic E-state index is -0.156. The van der Waals surface area contributed by atoms with E-state index in [1.807, 2.05) is 0 Å². The summed E-state index contributed by atoms with van der Waals surface area (Å²) in [4.78, 5) is 18.7. The highest BCUT2D eigenvalue weighted by Gasteiger charge is 2.33.